The molecule has 1 aromatic rings. The number of nitrogens with zero attached hydrogens (tertiary/aromatic N) is 1. The van der Waals surface area contributed by atoms with Gasteiger partial charge in [0.2, 0.25) is 0 Å². The third-order valence-electron chi connectivity index (χ3n) is 3.86. The van der Waals surface area contributed by atoms with Gasteiger partial charge in [-0.3, -0.25) is 4.90 Å². The number of benzene rings is 1. The molecule has 2 rings (SSSR count). The summed E-state index contributed by atoms with van der Waals surface area (Å²) in [4.78, 5) is 2.39. The first-order valence-electron chi connectivity index (χ1n) is 6.70. The second kappa shape index (κ2) is 6.21. The largest absolute Gasteiger partial charge is 0.497 e. The van der Waals surface area contributed by atoms with Crippen molar-refractivity contribution in [3.63, 3.8) is 0 Å². The molecule has 0 heterocycles. The highest BCUT2D eigenvalue weighted by Gasteiger charge is 2.22. The summed E-state index contributed by atoms with van der Waals surface area (Å²) in [5.74, 6) is 0.917. The van der Waals surface area contributed by atoms with E-state index in [-0.39, 0.29) is 6.10 Å². The molecule has 1 aliphatic rings. The Labute approximate surface area is 109 Å². The Morgan fingerprint density at radius 1 is 1.28 bits per heavy atom. The molecule has 0 unspecified atom stereocenters. The van der Waals surface area contributed by atoms with Crippen LogP contribution in [-0.2, 0) is 6.54 Å². The maximum atomic E-state index is 9.53. The molecule has 0 aromatic heterocycles. The SMILES string of the molecule is COc1cccc(CN(C)C2CCC(O)CC2)c1. The minimum absolute atomic E-state index is 0.0773. The Kier molecular flexibility index (Phi) is 4.61. The molecule has 1 aliphatic carbocycles. The third-order valence-corrected chi connectivity index (χ3v) is 3.86. The Morgan fingerprint density at radius 2 is 2.00 bits per heavy atom. The predicted molar refractivity (Wildman–Crippen MR) is 72.7 cm³/mol. The molecule has 0 bridgehead atoms. The van der Waals surface area contributed by atoms with Gasteiger partial charge in [-0.15, -0.1) is 0 Å². The third kappa shape index (κ3) is 3.47. The van der Waals surface area contributed by atoms with Crippen molar-refractivity contribution in [3.8, 4) is 5.75 Å². The fourth-order valence-corrected chi connectivity index (χ4v) is 2.69. The van der Waals surface area contributed by atoms with E-state index in [4.69, 9.17) is 4.74 Å². The van der Waals surface area contributed by atoms with Crippen molar-refractivity contribution in [2.45, 2.75) is 44.4 Å². The van der Waals surface area contributed by atoms with Gasteiger partial charge in [-0.2, -0.15) is 0 Å². The summed E-state index contributed by atoms with van der Waals surface area (Å²) in [7, 11) is 3.87. The lowest BCUT2D eigenvalue weighted by atomic mass is 9.92. The number of hydrogen-bond acceptors (Lipinski definition) is 3. The number of ether oxygens (including phenoxy) is 1. The maximum Gasteiger partial charge on any atom is 0.119 e. The van der Waals surface area contributed by atoms with Gasteiger partial charge < -0.3 is 9.84 Å². The average Bonchev–Trinajstić information content (AvgIpc) is 2.39. The van der Waals surface area contributed by atoms with Crippen LogP contribution in [0.4, 0.5) is 0 Å². The van der Waals surface area contributed by atoms with Crippen molar-refractivity contribution in [3.05, 3.63) is 29.8 Å². The Bertz CT molecular complexity index is 373. The summed E-state index contributed by atoms with van der Waals surface area (Å²) < 4.78 is 5.24. The standard InChI is InChI=1S/C15H23NO2/c1-16(13-6-8-14(17)9-7-13)11-12-4-3-5-15(10-12)18-2/h3-5,10,13-14,17H,6-9,11H2,1-2H3. The normalized spacial score (nSPS) is 24.2. The van der Waals surface area contributed by atoms with Gasteiger partial charge in [-0.05, 0) is 50.4 Å². The van der Waals surface area contributed by atoms with E-state index in [2.05, 4.69) is 24.1 Å². The van der Waals surface area contributed by atoms with Crippen LogP contribution < -0.4 is 4.74 Å². The van der Waals surface area contributed by atoms with Crippen LogP contribution in [0.1, 0.15) is 31.2 Å². The van der Waals surface area contributed by atoms with Crippen molar-refractivity contribution in [1.29, 1.82) is 0 Å². The Hall–Kier alpha value is -1.06. The highest BCUT2D eigenvalue weighted by Crippen LogP contribution is 2.24. The number of aliphatic hydroxyl groups excluding tert-OH is 1. The van der Waals surface area contributed by atoms with E-state index >= 15 is 0 Å². The predicted octanol–water partition coefficient (Wildman–Crippen LogP) is 2.43. The zero-order valence-corrected chi connectivity index (χ0v) is 11.3. The molecule has 0 saturated heterocycles. The molecule has 1 aromatic carbocycles. The molecule has 0 radical (unpaired) electrons. The minimum Gasteiger partial charge on any atom is -0.497 e. The molecule has 3 heteroatoms. The number of hydrogen-bond donors (Lipinski definition) is 1. The molecule has 1 fully saturated rings. The minimum atomic E-state index is -0.0773. The molecule has 0 atom stereocenters. The summed E-state index contributed by atoms with van der Waals surface area (Å²) in [5, 5.41) is 9.53. The fraction of sp³-hybridized carbons (Fsp3) is 0.600. The van der Waals surface area contributed by atoms with Gasteiger partial charge >= 0.3 is 0 Å². The van der Waals surface area contributed by atoms with Crippen LogP contribution in [0.5, 0.6) is 5.75 Å². The monoisotopic (exact) mass is 249 g/mol. The van der Waals surface area contributed by atoms with Gasteiger partial charge in [0, 0.05) is 12.6 Å². The van der Waals surface area contributed by atoms with E-state index in [0.29, 0.717) is 6.04 Å². The number of aliphatic hydroxyl groups is 1. The summed E-state index contributed by atoms with van der Waals surface area (Å²) in [6, 6.07) is 8.83. The van der Waals surface area contributed by atoms with Gasteiger partial charge in [0.15, 0.2) is 0 Å². The summed E-state index contributed by atoms with van der Waals surface area (Å²) >= 11 is 0. The summed E-state index contributed by atoms with van der Waals surface area (Å²) in [6.45, 7) is 0.942. The fourth-order valence-electron chi connectivity index (χ4n) is 2.69. The summed E-state index contributed by atoms with van der Waals surface area (Å²) in [6.07, 6.45) is 4.00. The lowest BCUT2D eigenvalue weighted by Gasteiger charge is -2.33. The van der Waals surface area contributed by atoms with Gasteiger partial charge in [-0.1, -0.05) is 12.1 Å². The van der Waals surface area contributed by atoms with Crippen LogP contribution in [0.15, 0.2) is 24.3 Å². The molecule has 100 valence electrons. The van der Waals surface area contributed by atoms with Crippen molar-refractivity contribution in [2.24, 2.45) is 0 Å². The molecule has 1 N–H and O–H groups in total. The van der Waals surface area contributed by atoms with Crippen molar-refractivity contribution < 1.29 is 9.84 Å². The highest BCUT2D eigenvalue weighted by atomic mass is 16.5. The lowest BCUT2D eigenvalue weighted by molar-refractivity contribution is 0.0818. The Morgan fingerprint density at radius 3 is 2.67 bits per heavy atom. The van der Waals surface area contributed by atoms with E-state index in [1.54, 1.807) is 7.11 Å². The average molecular weight is 249 g/mol. The first-order valence-corrected chi connectivity index (χ1v) is 6.70. The van der Waals surface area contributed by atoms with Gasteiger partial charge in [0.25, 0.3) is 0 Å². The first-order chi connectivity index (χ1) is 8.69. The molecule has 0 aliphatic heterocycles. The van der Waals surface area contributed by atoms with Gasteiger partial charge in [0.1, 0.15) is 5.75 Å². The van der Waals surface area contributed by atoms with Gasteiger partial charge in [0.05, 0.1) is 13.2 Å². The molecule has 18 heavy (non-hydrogen) atoms. The molecule has 1 saturated carbocycles. The number of rotatable bonds is 4. The van der Waals surface area contributed by atoms with Crippen molar-refractivity contribution in [2.75, 3.05) is 14.2 Å². The van der Waals surface area contributed by atoms with Crippen LogP contribution in [0.2, 0.25) is 0 Å². The van der Waals surface area contributed by atoms with E-state index in [1.165, 1.54) is 5.56 Å². The maximum absolute atomic E-state index is 9.53. The zero-order valence-electron chi connectivity index (χ0n) is 11.3. The van der Waals surface area contributed by atoms with E-state index in [1.807, 2.05) is 12.1 Å². The van der Waals surface area contributed by atoms with E-state index in [0.717, 1.165) is 38.0 Å². The smallest absolute Gasteiger partial charge is 0.119 e. The molecule has 0 amide bonds. The first kappa shape index (κ1) is 13.4. The second-order valence-corrected chi connectivity index (χ2v) is 5.23. The lowest BCUT2D eigenvalue weighted by Crippen LogP contribution is -2.35. The van der Waals surface area contributed by atoms with Crippen LogP contribution >= 0.6 is 0 Å². The molecule has 0 spiro atoms. The molecule has 3 nitrogen and oxygen atoms in total. The van der Waals surface area contributed by atoms with Gasteiger partial charge in [-0.25, -0.2) is 0 Å². The second-order valence-electron chi connectivity index (χ2n) is 5.23. The van der Waals surface area contributed by atoms with Crippen molar-refractivity contribution in [1.82, 2.24) is 4.90 Å². The van der Waals surface area contributed by atoms with E-state index < -0.39 is 0 Å². The summed E-state index contributed by atoms with van der Waals surface area (Å²) in [5.41, 5.74) is 1.28. The van der Waals surface area contributed by atoms with Crippen LogP contribution in [-0.4, -0.2) is 36.3 Å². The van der Waals surface area contributed by atoms with Crippen LogP contribution in [0.3, 0.4) is 0 Å². The van der Waals surface area contributed by atoms with Crippen LogP contribution in [0, 0.1) is 0 Å². The zero-order chi connectivity index (χ0) is 13.0. The molecular formula is C15H23NO2. The quantitative estimate of drug-likeness (QED) is 0.889. The topological polar surface area (TPSA) is 32.7 Å². The highest BCUT2D eigenvalue weighted by molar-refractivity contribution is 5.28. The molecular weight excluding hydrogens is 226 g/mol. The van der Waals surface area contributed by atoms with E-state index in [9.17, 15) is 5.11 Å². The number of methoxy groups -OCH3 is 1. The van der Waals surface area contributed by atoms with Crippen molar-refractivity contribution >= 4 is 0 Å². The van der Waals surface area contributed by atoms with Crippen LogP contribution in [0.25, 0.3) is 0 Å². The Balaban J connectivity index is 1.91.